The van der Waals surface area contributed by atoms with Crippen LogP contribution in [-0.4, -0.2) is 42.1 Å². The van der Waals surface area contributed by atoms with Crippen molar-refractivity contribution in [3.63, 3.8) is 0 Å². The van der Waals surface area contributed by atoms with Crippen molar-refractivity contribution in [2.24, 2.45) is 5.41 Å². The minimum absolute atomic E-state index is 0.150. The smallest absolute Gasteiger partial charge is 0.311 e. The summed E-state index contributed by atoms with van der Waals surface area (Å²) in [6, 6.07) is 0. The van der Waals surface area contributed by atoms with Gasteiger partial charge in [0.15, 0.2) is 0 Å². The Kier molecular flexibility index (Phi) is 2.74. The van der Waals surface area contributed by atoms with Gasteiger partial charge in [-0.05, 0) is 25.7 Å². The fourth-order valence-corrected chi connectivity index (χ4v) is 4.17. The summed E-state index contributed by atoms with van der Waals surface area (Å²) >= 11 is 0. The Balaban J connectivity index is 2.16. The molecule has 16 heavy (non-hydrogen) atoms. The first-order chi connectivity index (χ1) is 7.42. The van der Waals surface area contributed by atoms with Gasteiger partial charge in [-0.3, -0.25) is 4.79 Å². The van der Waals surface area contributed by atoms with Crippen LogP contribution in [0, 0.1) is 5.41 Å². The predicted octanol–water partition coefficient (Wildman–Crippen LogP) is 0.665. The van der Waals surface area contributed by atoms with Gasteiger partial charge in [-0.1, -0.05) is 6.92 Å². The maximum atomic E-state index is 12.0. The molecule has 0 aromatic heterocycles. The van der Waals surface area contributed by atoms with Crippen LogP contribution in [-0.2, 0) is 14.8 Å². The van der Waals surface area contributed by atoms with Crippen molar-refractivity contribution in [1.29, 1.82) is 0 Å². The van der Waals surface area contributed by atoms with Gasteiger partial charge in [-0.25, -0.2) is 12.7 Å². The Morgan fingerprint density at radius 2 is 2.12 bits per heavy atom. The molecule has 6 heteroatoms. The van der Waals surface area contributed by atoms with Gasteiger partial charge in [0.2, 0.25) is 10.0 Å². The van der Waals surface area contributed by atoms with E-state index in [4.69, 9.17) is 0 Å². The summed E-state index contributed by atoms with van der Waals surface area (Å²) in [7, 11) is -3.21. The summed E-state index contributed by atoms with van der Waals surface area (Å²) in [5.41, 5.74) is -0.859. The zero-order valence-corrected chi connectivity index (χ0v) is 10.2. The Bertz CT molecular complexity index is 401. The van der Waals surface area contributed by atoms with E-state index in [2.05, 4.69) is 0 Å². The molecule has 1 unspecified atom stereocenters. The predicted molar refractivity (Wildman–Crippen MR) is 58.5 cm³/mol. The lowest BCUT2D eigenvalue weighted by atomic mass is 9.85. The molecule has 92 valence electrons. The lowest BCUT2D eigenvalue weighted by Gasteiger charge is -2.22. The van der Waals surface area contributed by atoms with E-state index in [-0.39, 0.29) is 11.8 Å². The average molecular weight is 247 g/mol. The number of nitrogens with zero attached hydrogens (tertiary/aromatic N) is 1. The second-order valence-electron chi connectivity index (χ2n) is 4.77. The largest absolute Gasteiger partial charge is 0.481 e. The van der Waals surface area contributed by atoms with Gasteiger partial charge < -0.3 is 5.11 Å². The van der Waals surface area contributed by atoms with Crippen LogP contribution in [0.1, 0.15) is 32.6 Å². The highest BCUT2D eigenvalue weighted by Crippen LogP contribution is 2.39. The van der Waals surface area contributed by atoms with Crippen molar-refractivity contribution in [2.45, 2.75) is 37.9 Å². The summed E-state index contributed by atoms with van der Waals surface area (Å²) in [6.45, 7) is 2.32. The van der Waals surface area contributed by atoms with E-state index >= 15 is 0 Å². The number of sulfonamides is 1. The fraction of sp³-hybridized carbons (Fsp3) is 0.900. The molecule has 1 atom stereocenters. The van der Waals surface area contributed by atoms with E-state index in [0.717, 1.165) is 12.8 Å². The molecule has 1 aliphatic heterocycles. The van der Waals surface area contributed by atoms with Crippen molar-refractivity contribution in [1.82, 2.24) is 4.31 Å². The Hall–Kier alpha value is -0.620. The van der Waals surface area contributed by atoms with Crippen molar-refractivity contribution in [2.75, 3.05) is 13.1 Å². The molecule has 0 spiro atoms. The molecule has 0 bridgehead atoms. The Labute approximate surface area is 95.5 Å². The van der Waals surface area contributed by atoms with Gasteiger partial charge in [0, 0.05) is 13.1 Å². The van der Waals surface area contributed by atoms with Crippen molar-refractivity contribution >= 4 is 16.0 Å². The first-order valence-corrected chi connectivity index (χ1v) is 7.15. The van der Waals surface area contributed by atoms with Gasteiger partial charge in [0.05, 0.1) is 10.7 Å². The SMILES string of the molecule is CCC1(C(=O)O)CCN(S(=O)(=O)C2CC2)C1. The van der Waals surface area contributed by atoms with Crippen LogP contribution in [0.25, 0.3) is 0 Å². The first kappa shape index (κ1) is 11.9. The first-order valence-electron chi connectivity index (χ1n) is 5.65. The highest BCUT2D eigenvalue weighted by atomic mass is 32.2. The number of hydrogen-bond acceptors (Lipinski definition) is 3. The van der Waals surface area contributed by atoms with Crippen LogP contribution >= 0.6 is 0 Å². The number of rotatable bonds is 4. The topological polar surface area (TPSA) is 74.7 Å². The highest BCUT2D eigenvalue weighted by molar-refractivity contribution is 7.90. The molecular formula is C10H17NO4S. The van der Waals surface area contributed by atoms with Gasteiger partial charge in [0.1, 0.15) is 0 Å². The number of carbonyl (C=O) groups is 1. The zero-order valence-electron chi connectivity index (χ0n) is 9.35. The normalized spacial score (nSPS) is 31.8. The minimum atomic E-state index is -3.21. The molecule has 2 rings (SSSR count). The monoisotopic (exact) mass is 247 g/mol. The molecule has 1 saturated heterocycles. The van der Waals surface area contributed by atoms with Gasteiger partial charge >= 0.3 is 5.97 Å². The van der Waals surface area contributed by atoms with Crippen LogP contribution in [0.4, 0.5) is 0 Å². The summed E-state index contributed by atoms with van der Waals surface area (Å²) in [5, 5.41) is 8.94. The molecule has 0 amide bonds. The maximum Gasteiger partial charge on any atom is 0.311 e. The van der Waals surface area contributed by atoms with Crippen LogP contribution in [0.3, 0.4) is 0 Å². The third-order valence-corrected chi connectivity index (χ3v) is 6.10. The lowest BCUT2D eigenvalue weighted by molar-refractivity contribution is -0.148. The van der Waals surface area contributed by atoms with Crippen LogP contribution in [0.15, 0.2) is 0 Å². The highest BCUT2D eigenvalue weighted by Gasteiger charge is 2.50. The third-order valence-electron chi connectivity index (χ3n) is 3.75. The van der Waals surface area contributed by atoms with Crippen LogP contribution < -0.4 is 0 Å². The molecule has 1 N–H and O–H groups in total. The lowest BCUT2D eigenvalue weighted by Crippen LogP contribution is -2.37. The molecule has 0 aromatic rings. The average Bonchev–Trinajstić information content (AvgIpc) is 2.98. The molecule has 0 aromatic carbocycles. The van der Waals surface area contributed by atoms with Crippen molar-refractivity contribution < 1.29 is 18.3 Å². The van der Waals surface area contributed by atoms with Crippen molar-refractivity contribution in [3.8, 4) is 0 Å². The van der Waals surface area contributed by atoms with Gasteiger partial charge in [-0.2, -0.15) is 0 Å². The second-order valence-corrected chi connectivity index (χ2v) is 6.98. The van der Waals surface area contributed by atoms with E-state index in [0.29, 0.717) is 19.4 Å². The second kappa shape index (κ2) is 3.70. The molecular weight excluding hydrogens is 230 g/mol. The molecule has 5 nitrogen and oxygen atoms in total. The third kappa shape index (κ3) is 1.73. The zero-order chi connectivity index (χ0) is 12.0. The van der Waals surface area contributed by atoms with Gasteiger partial charge in [0.25, 0.3) is 0 Å². The Morgan fingerprint density at radius 1 is 1.50 bits per heavy atom. The quantitative estimate of drug-likeness (QED) is 0.792. The van der Waals surface area contributed by atoms with Gasteiger partial charge in [-0.15, -0.1) is 0 Å². The Morgan fingerprint density at radius 3 is 2.50 bits per heavy atom. The standard InChI is InChI=1S/C10H17NO4S/c1-2-10(9(12)13)5-6-11(7-10)16(14,15)8-3-4-8/h8H,2-7H2,1H3,(H,12,13). The van der Waals surface area contributed by atoms with E-state index in [1.807, 2.05) is 0 Å². The molecule has 0 radical (unpaired) electrons. The molecule has 2 fully saturated rings. The minimum Gasteiger partial charge on any atom is -0.481 e. The van der Waals surface area contributed by atoms with E-state index in [1.165, 1.54) is 4.31 Å². The number of aliphatic carboxylic acids is 1. The van der Waals surface area contributed by atoms with Crippen LogP contribution in [0.5, 0.6) is 0 Å². The summed E-state index contributed by atoms with van der Waals surface area (Å²) < 4.78 is 25.3. The summed E-state index contributed by atoms with van der Waals surface area (Å²) in [4.78, 5) is 11.2. The van der Waals surface area contributed by atoms with E-state index in [9.17, 15) is 18.3 Å². The molecule has 1 aliphatic carbocycles. The number of hydrogen-bond donors (Lipinski definition) is 1. The number of carboxylic acid groups (broad SMARTS) is 1. The number of carboxylic acids is 1. The fourth-order valence-electron chi connectivity index (χ4n) is 2.24. The summed E-state index contributed by atoms with van der Waals surface area (Å²) in [6.07, 6.45) is 2.37. The van der Waals surface area contributed by atoms with Crippen LogP contribution in [0.2, 0.25) is 0 Å². The summed E-state index contributed by atoms with van der Waals surface area (Å²) in [5.74, 6) is -0.872. The molecule has 1 saturated carbocycles. The van der Waals surface area contributed by atoms with E-state index < -0.39 is 21.4 Å². The maximum absolute atomic E-state index is 12.0. The van der Waals surface area contributed by atoms with E-state index in [1.54, 1.807) is 6.92 Å². The van der Waals surface area contributed by atoms with Crippen molar-refractivity contribution in [3.05, 3.63) is 0 Å². The molecule has 2 aliphatic rings. The molecule has 1 heterocycles.